The standard InChI is InChI=1S/C12H25N3O3S/c1-14(8-9-15-6-4-13-5-7-15)19(16,17)12-2-10-18-11-3-12/h12-13H,2-11H2,1H3. The predicted molar refractivity (Wildman–Crippen MR) is 74.7 cm³/mol. The van der Waals surface area contributed by atoms with E-state index in [-0.39, 0.29) is 5.25 Å². The molecular formula is C12H25N3O3S. The van der Waals surface area contributed by atoms with Crippen LogP contribution < -0.4 is 5.32 Å². The number of piperazine rings is 1. The van der Waals surface area contributed by atoms with Gasteiger partial charge in [0.15, 0.2) is 0 Å². The highest BCUT2D eigenvalue weighted by Crippen LogP contribution is 2.18. The largest absolute Gasteiger partial charge is 0.381 e. The summed E-state index contributed by atoms with van der Waals surface area (Å²) < 4.78 is 31.6. The Bertz CT molecular complexity index is 362. The van der Waals surface area contributed by atoms with Gasteiger partial charge in [-0.1, -0.05) is 0 Å². The van der Waals surface area contributed by atoms with Gasteiger partial charge in [-0.15, -0.1) is 0 Å². The molecule has 0 atom stereocenters. The quantitative estimate of drug-likeness (QED) is 0.728. The lowest BCUT2D eigenvalue weighted by molar-refractivity contribution is 0.0973. The number of hydrogen-bond donors (Lipinski definition) is 1. The first kappa shape index (κ1) is 15.2. The van der Waals surface area contributed by atoms with Crippen molar-refractivity contribution in [3.63, 3.8) is 0 Å². The summed E-state index contributed by atoms with van der Waals surface area (Å²) in [4.78, 5) is 2.31. The van der Waals surface area contributed by atoms with E-state index in [9.17, 15) is 8.42 Å². The molecule has 2 fully saturated rings. The van der Waals surface area contributed by atoms with Crippen molar-refractivity contribution >= 4 is 10.0 Å². The summed E-state index contributed by atoms with van der Waals surface area (Å²) in [7, 11) is -1.45. The van der Waals surface area contributed by atoms with Crippen molar-refractivity contribution in [1.82, 2.24) is 14.5 Å². The fourth-order valence-electron chi connectivity index (χ4n) is 2.57. The van der Waals surface area contributed by atoms with Crippen molar-refractivity contribution < 1.29 is 13.2 Å². The molecule has 0 radical (unpaired) electrons. The third kappa shape index (κ3) is 4.13. The predicted octanol–water partition coefficient (Wildman–Crippen LogP) is -0.668. The molecule has 2 saturated heterocycles. The minimum atomic E-state index is -3.15. The molecule has 0 aromatic heterocycles. The van der Waals surface area contributed by atoms with Gasteiger partial charge >= 0.3 is 0 Å². The zero-order chi connectivity index (χ0) is 13.7. The molecule has 0 bridgehead atoms. The lowest BCUT2D eigenvalue weighted by Gasteiger charge is -2.31. The molecule has 1 N–H and O–H groups in total. The van der Waals surface area contributed by atoms with Gasteiger partial charge in [-0.05, 0) is 12.8 Å². The maximum atomic E-state index is 12.4. The van der Waals surface area contributed by atoms with E-state index >= 15 is 0 Å². The Kier molecular flexibility index (Phi) is 5.58. The third-order valence-electron chi connectivity index (χ3n) is 3.96. The maximum absolute atomic E-state index is 12.4. The summed E-state index contributed by atoms with van der Waals surface area (Å²) in [5.74, 6) is 0. The van der Waals surface area contributed by atoms with E-state index in [2.05, 4.69) is 10.2 Å². The minimum Gasteiger partial charge on any atom is -0.381 e. The lowest BCUT2D eigenvalue weighted by Crippen LogP contribution is -2.47. The van der Waals surface area contributed by atoms with Crippen molar-refractivity contribution in [1.29, 1.82) is 0 Å². The van der Waals surface area contributed by atoms with Gasteiger partial charge in [0.2, 0.25) is 10.0 Å². The van der Waals surface area contributed by atoms with E-state index in [0.717, 1.165) is 32.7 Å². The molecule has 19 heavy (non-hydrogen) atoms. The smallest absolute Gasteiger partial charge is 0.216 e. The summed E-state index contributed by atoms with van der Waals surface area (Å²) in [6.45, 7) is 6.54. The first-order chi connectivity index (χ1) is 9.10. The fourth-order valence-corrected chi connectivity index (χ4v) is 4.21. The van der Waals surface area contributed by atoms with Crippen molar-refractivity contribution in [3.8, 4) is 0 Å². The van der Waals surface area contributed by atoms with Crippen molar-refractivity contribution in [2.75, 3.05) is 59.5 Å². The number of hydrogen-bond acceptors (Lipinski definition) is 5. The van der Waals surface area contributed by atoms with E-state index in [1.54, 1.807) is 7.05 Å². The zero-order valence-corrected chi connectivity index (χ0v) is 12.5. The summed E-state index contributed by atoms with van der Waals surface area (Å²) in [6.07, 6.45) is 1.25. The molecule has 2 rings (SSSR count). The third-order valence-corrected chi connectivity index (χ3v) is 6.33. The summed E-state index contributed by atoms with van der Waals surface area (Å²) >= 11 is 0. The van der Waals surface area contributed by atoms with Gasteiger partial charge < -0.3 is 10.1 Å². The first-order valence-corrected chi connectivity index (χ1v) is 8.57. The Morgan fingerprint density at radius 2 is 1.89 bits per heavy atom. The molecule has 2 aliphatic heterocycles. The summed E-state index contributed by atoms with van der Waals surface area (Å²) in [5, 5.41) is 3.04. The molecule has 0 aromatic rings. The molecule has 112 valence electrons. The van der Waals surface area contributed by atoms with Gasteiger partial charge in [0.1, 0.15) is 0 Å². The Labute approximate surface area is 116 Å². The topological polar surface area (TPSA) is 61.9 Å². The van der Waals surface area contributed by atoms with Crippen LogP contribution in [0.1, 0.15) is 12.8 Å². The second-order valence-electron chi connectivity index (χ2n) is 5.27. The molecule has 0 aliphatic carbocycles. The average Bonchev–Trinajstić information content (AvgIpc) is 2.46. The summed E-state index contributed by atoms with van der Waals surface area (Å²) in [6, 6.07) is 0. The van der Waals surface area contributed by atoms with Crippen molar-refractivity contribution in [3.05, 3.63) is 0 Å². The van der Waals surface area contributed by atoms with Gasteiger partial charge in [0, 0.05) is 59.5 Å². The van der Waals surface area contributed by atoms with E-state index in [1.807, 2.05) is 0 Å². The monoisotopic (exact) mass is 291 g/mol. The molecule has 0 spiro atoms. The van der Waals surface area contributed by atoms with E-state index < -0.39 is 10.0 Å². The Morgan fingerprint density at radius 1 is 1.26 bits per heavy atom. The number of ether oxygens (including phenoxy) is 1. The van der Waals surface area contributed by atoms with Crippen LogP contribution in [0.15, 0.2) is 0 Å². The van der Waals surface area contributed by atoms with Crippen LogP contribution in [0.25, 0.3) is 0 Å². The van der Waals surface area contributed by atoms with Crippen LogP contribution in [0.4, 0.5) is 0 Å². The minimum absolute atomic E-state index is 0.255. The lowest BCUT2D eigenvalue weighted by atomic mass is 10.2. The van der Waals surface area contributed by atoms with Crippen LogP contribution in [-0.2, 0) is 14.8 Å². The molecule has 6 nitrogen and oxygen atoms in total. The van der Waals surface area contributed by atoms with Gasteiger partial charge in [-0.2, -0.15) is 0 Å². The normalized spacial score (nSPS) is 23.9. The van der Waals surface area contributed by atoms with Crippen LogP contribution in [-0.4, -0.2) is 82.4 Å². The van der Waals surface area contributed by atoms with Crippen LogP contribution in [0.3, 0.4) is 0 Å². The Balaban J connectivity index is 1.81. The van der Waals surface area contributed by atoms with Gasteiger partial charge in [0.25, 0.3) is 0 Å². The molecular weight excluding hydrogens is 266 g/mol. The average molecular weight is 291 g/mol. The second kappa shape index (κ2) is 6.99. The van der Waals surface area contributed by atoms with Crippen LogP contribution in [0, 0.1) is 0 Å². The van der Waals surface area contributed by atoms with E-state index in [4.69, 9.17) is 4.74 Å². The number of rotatable bonds is 5. The molecule has 0 unspecified atom stereocenters. The highest BCUT2D eigenvalue weighted by atomic mass is 32.2. The molecule has 0 saturated carbocycles. The SMILES string of the molecule is CN(CCN1CCNCC1)S(=O)(=O)C1CCOCC1. The molecule has 2 aliphatic rings. The second-order valence-corrected chi connectivity index (χ2v) is 7.59. The molecule has 0 aromatic carbocycles. The van der Waals surface area contributed by atoms with Gasteiger partial charge in [-0.3, -0.25) is 4.90 Å². The first-order valence-electron chi connectivity index (χ1n) is 7.06. The fraction of sp³-hybridized carbons (Fsp3) is 1.00. The van der Waals surface area contributed by atoms with E-state index in [1.165, 1.54) is 4.31 Å². The van der Waals surface area contributed by atoms with Crippen molar-refractivity contribution in [2.45, 2.75) is 18.1 Å². The Morgan fingerprint density at radius 3 is 2.53 bits per heavy atom. The molecule has 7 heteroatoms. The number of nitrogens with one attached hydrogen (secondary N) is 1. The summed E-state index contributed by atoms with van der Waals surface area (Å²) in [5.41, 5.74) is 0. The number of sulfonamides is 1. The van der Waals surface area contributed by atoms with Crippen LogP contribution in [0.2, 0.25) is 0 Å². The van der Waals surface area contributed by atoms with E-state index in [0.29, 0.717) is 32.6 Å². The van der Waals surface area contributed by atoms with Crippen molar-refractivity contribution in [2.24, 2.45) is 0 Å². The van der Waals surface area contributed by atoms with Crippen LogP contribution >= 0.6 is 0 Å². The highest BCUT2D eigenvalue weighted by Gasteiger charge is 2.31. The maximum Gasteiger partial charge on any atom is 0.216 e. The number of nitrogens with zero attached hydrogens (tertiary/aromatic N) is 2. The van der Waals surface area contributed by atoms with Crippen LogP contribution in [0.5, 0.6) is 0 Å². The zero-order valence-electron chi connectivity index (χ0n) is 11.7. The Hall–Kier alpha value is -0.210. The molecule has 0 amide bonds. The van der Waals surface area contributed by atoms with Gasteiger partial charge in [-0.25, -0.2) is 12.7 Å². The molecule has 2 heterocycles. The highest BCUT2D eigenvalue weighted by molar-refractivity contribution is 7.89. The van der Waals surface area contributed by atoms with Gasteiger partial charge in [0.05, 0.1) is 5.25 Å². The number of likely N-dealkylation sites (N-methyl/N-ethyl adjacent to an activating group) is 1.